The van der Waals surface area contributed by atoms with Crippen molar-refractivity contribution >= 4 is 75.8 Å². The van der Waals surface area contributed by atoms with Gasteiger partial charge in [-0.2, -0.15) is 13.2 Å². The van der Waals surface area contributed by atoms with Crippen molar-refractivity contribution in [3.05, 3.63) is 82.0 Å². The van der Waals surface area contributed by atoms with Gasteiger partial charge >= 0.3 is 12.3 Å². The predicted molar refractivity (Wildman–Crippen MR) is 136 cm³/mol. The molecule has 0 aliphatic rings. The van der Waals surface area contributed by atoms with E-state index in [9.17, 15) is 32.9 Å². The number of halogens is 6. The topological polar surface area (TPSA) is 123 Å². The molecule has 0 spiro atoms. The number of benzene rings is 2. The summed E-state index contributed by atoms with van der Waals surface area (Å²) in [5.41, 5.74) is -1.12. The number of alkyl halides is 6. The molecule has 0 atom stereocenters. The van der Waals surface area contributed by atoms with E-state index in [4.69, 9.17) is 39.5 Å². The Morgan fingerprint density at radius 3 is 2.26 bits per heavy atom. The van der Waals surface area contributed by atoms with Crippen molar-refractivity contribution in [3.63, 3.8) is 0 Å². The molecule has 0 aliphatic heterocycles. The first kappa shape index (κ1) is 29.3. The number of nitro benzene ring substituents is 1. The zero-order chi connectivity index (χ0) is 28.1. The van der Waals surface area contributed by atoms with E-state index in [0.29, 0.717) is 16.8 Å². The molecule has 0 bridgehead atoms. The van der Waals surface area contributed by atoms with Crippen LogP contribution in [0.2, 0.25) is 0 Å². The van der Waals surface area contributed by atoms with Crippen molar-refractivity contribution in [1.82, 2.24) is 4.98 Å². The van der Waals surface area contributed by atoms with Gasteiger partial charge in [-0.3, -0.25) is 20.2 Å². The number of hydrogen-bond donors (Lipinski definition) is 2. The van der Waals surface area contributed by atoms with E-state index in [1.807, 2.05) is 0 Å². The Bertz CT molecular complexity index is 1340. The fourth-order valence-electron chi connectivity index (χ4n) is 2.75. The van der Waals surface area contributed by atoms with Crippen molar-refractivity contribution in [2.45, 2.75) is 19.8 Å². The van der Waals surface area contributed by atoms with Gasteiger partial charge in [-0.25, -0.2) is 9.78 Å². The molecule has 2 aromatic carbocycles. The zero-order valence-corrected chi connectivity index (χ0v) is 21.7. The highest BCUT2D eigenvalue weighted by Crippen LogP contribution is 2.36. The van der Waals surface area contributed by atoms with Crippen LogP contribution in [0.4, 0.5) is 35.2 Å². The molecule has 3 rings (SSSR count). The summed E-state index contributed by atoms with van der Waals surface area (Å²) in [6, 6.07) is 11.6. The van der Waals surface area contributed by atoms with E-state index in [1.54, 1.807) is 12.1 Å². The first-order valence-corrected chi connectivity index (χ1v) is 12.1. The summed E-state index contributed by atoms with van der Waals surface area (Å²) in [6.45, 7) is -0.462. The fraction of sp³-hybridized carbons (Fsp3) is 0.136. The Morgan fingerprint density at radius 2 is 1.71 bits per heavy atom. The minimum absolute atomic E-state index is 0.101. The number of anilines is 2. The lowest BCUT2D eigenvalue weighted by atomic mass is 10.2. The molecular weight excluding hydrogens is 596 g/mol. The van der Waals surface area contributed by atoms with Crippen LogP contribution in [-0.2, 0) is 10.9 Å². The summed E-state index contributed by atoms with van der Waals surface area (Å²) in [6.07, 6.45) is -4.88. The molecule has 38 heavy (non-hydrogen) atoms. The van der Waals surface area contributed by atoms with Crippen LogP contribution < -0.4 is 10.6 Å². The van der Waals surface area contributed by atoms with E-state index in [1.165, 1.54) is 24.3 Å². The number of nitrogens with zero attached hydrogens (tertiary/aromatic N) is 2. The van der Waals surface area contributed by atoms with Crippen molar-refractivity contribution in [1.29, 1.82) is 0 Å². The van der Waals surface area contributed by atoms with Crippen molar-refractivity contribution in [2.75, 3.05) is 17.2 Å². The lowest BCUT2D eigenvalue weighted by Gasteiger charge is -2.12. The lowest BCUT2D eigenvalue weighted by Crippen LogP contribution is -2.21. The quantitative estimate of drug-likeness (QED) is 0.163. The first-order chi connectivity index (χ1) is 17.7. The third kappa shape index (κ3) is 8.65. The van der Waals surface area contributed by atoms with Crippen LogP contribution in [0.25, 0.3) is 0 Å². The average molecular weight is 610 g/mol. The maximum atomic E-state index is 12.7. The Morgan fingerprint density at radius 1 is 1.03 bits per heavy atom. The fourth-order valence-corrected chi connectivity index (χ4v) is 3.81. The molecule has 0 saturated heterocycles. The number of nitrogens with one attached hydrogen (secondary N) is 2. The second-order valence-electron chi connectivity index (χ2n) is 7.27. The van der Waals surface area contributed by atoms with Gasteiger partial charge in [0.1, 0.15) is 12.4 Å². The smallest absolute Gasteiger partial charge is 0.417 e. The van der Waals surface area contributed by atoms with Gasteiger partial charge in [0.15, 0.2) is 0 Å². The lowest BCUT2D eigenvalue weighted by molar-refractivity contribution is -0.387. The van der Waals surface area contributed by atoms with Crippen LogP contribution in [0.5, 0.6) is 0 Å². The molecule has 0 fully saturated rings. The molecule has 2 N–H and O–H groups in total. The van der Waals surface area contributed by atoms with Gasteiger partial charge in [-0.05, 0) is 48.5 Å². The molecule has 0 radical (unpaired) electrons. The summed E-state index contributed by atoms with van der Waals surface area (Å²) in [5, 5.41) is 16.4. The summed E-state index contributed by atoms with van der Waals surface area (Å²) >= 11 is 17.6. The Labute approximate surface area is 231 Å². The van der Waals surface area contributed by atoms with Crippen molar-refractivity contribution in [2.24, 2.45) is 0 Å². The predicted octanol–water partition coefficient (Wildman–Crippen LogP) is 7.33. The standard InChI is InChI=1S/C22H14Cl3F3N4O5S/c23-21(24,25)11-37-20(34)30-14-3-5-15(6-4-14)38-17-7-1-12(9-16(17)32(35)36)19(33)31-18-8-2-13(10-29-18)22(26,27)28/h1-10H,11H2,(H,30,34)(H,29,31,33). The summed E-state index contributed by atoms with van der Waals surface area (Å²) < 4.78 is 41.0. The maximum Gasteiger partial charge on any atom is 0.417 e. The highest BCUT2D eigenvalue weighted by Gasteiger charge is 2.30. The second-order valence-corrected chi connectivity index (χ2v) is 10.9. The molecule has 0 saturated carbocycles. The second kappa shape index (κ2) is 12.1. The van der Waals surface area contributed by atoms with Gasteiger partial charge in [-0.1, -0.05) is 46.6 Å². The number of ether oxygens (including phenoxy) is 1. The molecule has 200 valence electrons. The van der Waals surface area contributed by atoms with Gasteiger partial charge in [-0.15, -0.1) is 0 Å². The van der Waals surface area contributed by atoms with Crippen LogP contribution in [0.3, 0.4) is 0 Å². The molecule has 3 aromatic rings. The van der Waals surface area contributed by atoms with Gasteiger partial charge in [0.05, 0.1) is 15.4 Å². The third-order valence-electron chi connectivity index (χ3n) is 4.45. The number of hydrogen-bond acceptors (Lipinski definition) is 7. The van der Waals surface area contributed by atoms with Crippen molar-refractivity contribution in [3.8, 4) is 0 Å². The zero-order valence-electron chi connectivity index (χ0n) is 18.6. The average Bonchev–Trinajstić information content (AvgIpc) is 2.83. The number of carbonyl (C=O) groups excluding carboxylic acids is 2. The number of pyridine rings is 1. The number of rotatable bonds is 7. The van der Waals surface area contributed by atoms with Crippen LogP contribution in [-0.4, -0.2) is 32.3 Å². The van der Waals surface area contributed by atoms with Crippen LogP contribution in [0.1, 0.15) is 15.9 Å². The Kier molecular flexibility index (Phi) is 9.31. The molecule has 9 nitrogen and oxygen atoms in total. The molecule has 2 amide bonds. The highest BCUT2D eigenvalue weighted by atomic mass is 35.6. The number of carbonyl (C=O) groups is 2. The summed E-state index contributed by atoms with van der Waals surface area (Å²) in [5.74, 6) is -0.956. The molecule has 1 aromatic heterocycles. The summed E-state index contributed by atoms with van der Waals surface area (Å²) in [4.78, 5) is 39.5. The van der Waals surface area contributed by atoms with Gasteiger partial charge in [0.2, 0.25) is 3.79 Å². The summed E-state index contributed by atoms with van der Waals surface area (Å²) in [7, 11) is 0. The van der Waals surface area contributed by atoms with Crippen LogP contribution >= 0.6 is 46.6 Å². The van der Waals surface area contributed by atoms with Crippen LogP contribution in [0.15, 0.2) is 70.6 Å². The molecule has 0 aliphatic carbocycles. The largest absolute Gasteiger partial charge is 0.445 e. The van der Waals surface area contributed by atoms with E-state index in [0.717, 1.165) is 30.0 Å². The molecule has 0 unspecified atom stereocenters. The third-order valence-corrected chi connectivity index (χ3v) is 5.85. The van der Waals surface area contributed by atoms with Gasteiger partial charge in [0, 0.05) is 28.4 Å². The monoisotopic (exact) mass is 608 g/mol. The molecule has 1 heterocycles. The normalized spacial score (nSPS) is 11.5. The highest BCUT2D eigenvalue weighted by molar-refractivity contribution is 7.99. The number of nitro groups is 1. The Balaban J connectivity index is 1.68. The number of aromatic nitrogens is 1. The SMILES string of the molecule is O=C(Nc1ccc(Sc2ccc(C(=O)Nc3ccc(C(F)(F)F)cn3)cc2[N+](=O)[O-])cc1)OCC(Cl)(Cl)Cl. The minimum atomic E-state index is -4.58. The van der Waals surface area contributed by atoms with E-state index >= 15 is 0 Å². The van der Waals surface area contributed by atoms with Crippen LogP contribution in [0, 0.1) is 10.1 Å². The number of amides is 2. The molecule has 16 heteroatoms. The minimum Gasteiger partial charge on any atom is -0.445 e. The van der Waals surface area contributed by atoms with E-state index in [-0.39, 0.29) is 22.0 Å². The van der Waals surface area contributed by atoms with Crippen molar-refractivity contribution < 1.29 is 32.4 Å². The van der Waals surface area contributed by atoms with Gasteiger partial charge in [0.25, 0.3) is 11.6 Å². The molecular formula is C22H14Cl3F3N4O5S. The van der Waals surface area contributed by atoms with Gasteiger partial charge < -0.3 is 10.1 Å². The Hall–Kier alpha value is -3.26. The van der Waals surface area contributed by atoms with E-state index < -0.39 is 39.1 Å². The van der Waals surface area contributed by atoms with E-state index in [2.05, 4.69) is 15.6 Å². The maximum absolute atomic E-state index is 12.7. The first-order valence-electron chi connectivity index (χ1n) is 10.1.